The third-order valence-electron chi connectivity index (χ3n) is 6.61. The zero-order valence-electron chi connectivity index (χ0n) is 27.4. The van der Waals surface area contributed by atoms with Crippen LogP contribution in [0.5, 0.6) is 0 Å². The lowest BCUT2D eigenvalue weighted by Crippen LogP contribution is -2.43. The van der Waals surface area contributed by atoms with Crippen LogP contribution >= 0.6 is 0 Å². The molecule has 2 fully saturated rings. The minimum atomic E-state index is -1.10. The molecule has 0 saturated carbocycles. The minimum absolute atomic E-state index is 0. The summed E-state index contributed by atoms with van der Waals surface area (Å²) in [6, 6.07) is 0. The normalized spacial score (nSPS) is 14.4. The predicted molar refractivity (Wildman–Crippen MR) is 181 cm³/mol. The SMILES string of the molecule is C.C.C.C=CC(=O)OCCCOCC(COCCC(=O)ON1C(=O)CCC1=O)(COCCC(=O)ON1C(=O)CCC1=O)COCC(C)OC(=O)C=C. The molecule has 0 aromatic carbocycles. The summed E-state index contributed by atoms with van der Waals surface area (Å²) in [5.74, 6) is -5.50. The standard InChI is InChI=1S/C31H42N2O16.3CH4/c1-4-27(38)46-14-6-13-42-18-31(21-45-17-22(3)47-28(39)5-2,19-43-15-11-29(40)48-32-23(34)7-8-24(32)35)20-44-16-12-30(41)49-33-25(36)9-10-26(33)37;;;/h4-5,22H,1-2,6-21H2,3H3;3*1H4. The van der Waals surface area contributed by atoms with E-state index in [1.807, 2.05) is 0 Å². The van der Waals surface area contributed by atoms with Crippen molar-refractivity contribution in [1.29, 1.82) is 0 Å². The van der Waals surface area contributed by atoms with Gasteiger partial charge in [0.2, 0.25) is 0 Å². The molecule has 2 aliphatic heterocycles. The molecule has 0 spiro atoms. The smallest absolute Gasteiger partial charge is 0.335 e. The number of ether oxygens (including phenoxy) is 6. The Hall–Kier alpha value is -4.52. The van der Waals surface area contributed by atoms with Gasteiger partial charge in [0, 0.05) is 50.9 Å². The Bertz CT molecular complexity index is 1150. The molecule has 296 valence electrons. The van der Waals surface area contributed by atoms with Crippen molar-refractivity contribution in [3.63, 3.8) is 0 Å². The van der Waals surface area contributed by atoms with E-state index in [4.69, 9.17) is 38.1 Å². The van der Waals surface area contributed by atoms with Gasteiger partial charge in [-0.15, -0.1) is 10.1 Å². The molecule has 0 aromatic heterocycles. The molecule has 0 N–H and O–H groups in total. The summed E-state index contributed by atoms with van der Waals surface area (Å²) in [4.78, 5) is 104. The molecule has 2 rings (SSSR count). The number of hydroxylamine groups is 4. The lowest BCUT2D eigenvalue weighted by atomic mass is 9.92. The van der Waals surface area contributed by atoms with Crippen LogP contribution < -0.4 is 0 Å². The molecule has 1 atom stereocenters. The van der Waals surface area contributed by atoms with Gasteiger partial charge in [0.05, 0.1) is 71.1 Å². The van der Waals surface area contributed by atoms with E-state index in [0.29, 0.717) is 16.5 Å². The summed E-state index contributed by atoms with van der Waals surface area (Å²) in [5.41, 5.74) is -1.10. The largest absolute Gasteiger partial charge is 0.462 e. The number of rotatable bonds is 25. The van der Waals surface area contributed by atoms with Crippen LogP contribution in [-0.2, 0) is 76.5 Å². The van der Waals surface area contributed by atoms with Gasteiger partial charge < -0.3 is 38.1 Å². The first-order chi connectivity index (χ1) is 23.4. The Morgan fingerprint density at radius 3 is 1.48 bits per heavy atom. The van der Waals surface area contributed by atoms with Crippen molar-refractivity contribution in [3.05, 3.63) is 25.3 Å². The number of hydrogen-bond donors (Lipinski definition) is 0. The summed E-state index contributed by atoms with van der Waals surface area (Å²) >= 11 is 0. The molecule has 0 bridgehead atoms. The first-order valence-electron chi connectivity index (χ1n) is 15.5. The summed E-state index contributed by atoms with van der Waals surface area (Å²) in [7, 11) is 0. The first kappa shape index (κ1) is 49.6. The topological polar surface area (TPSA) is 217 Å². The molecule has 0 radical (unpaired) electrons. The molecule has 2 saturated heterocycles. The molecule has 2 aliphatic rings. The zero-order valence-corrected chi connectivity index (χ0v) is 27.4. The molecule has 18 heteroatoms. The fourth-order valence-electron chi connectivity index (χ4n) is 4.15. The van der Waals surface area contributed by atoms with Gasteiger partial charge in [0.15, 0.2) is 0 Å². The highest BCUT2D eigenvalue weighted by atomic mass is 16.7. The molecule has 0 aliphatic carbocycles. The van der Waals surface area contributed by atoms with Gasteiger partial charge in [0.1, 0.15) is 6.10 Å². The summed E-state index contributed by atoms with van der Waals surface area (Å²) < 4.78 is 33.3. The highest BCUT2D eigenvalue weighted by molar-refractivity contribution is 6.02. The number of hydrogen-bond acceptors (Lipinski definition) is 16. The third kappa shape index (κ3) is 18.1. The van der Waals surface area contributed by atoms with E-state index < -0.39 is 59.0 Å². The van der Waals surface area contributed by atoms with Crippen molar-refractivity contribution in [2.45, 2.75) is 80.3 Å². The van der Waals surface area contributed by atoms with E-state index in [9.17, 15) is 38.4 Å². The van der Waals surface area contributed by atoms with Crippen molar-refractivity contribution in [2.24, 2.45) is 5.41 Å². The number of imide groups is 2. The summed E-state index contributed by atoms with van der Waals surface area (Å²) in [6.07, 6.45) is 0.825. The maximum atomic E-state index is 12.3. The molecule has 2 heterocycles. The maximum absolute atomic E-state index is 12.3. The van der Waals surface area contributed by atoms with E-state index in [-0.39, 0.29) is 120 Å². The number of nitrogens with zero attached hydrogens (tertiary/aromatic N) is 2. The highest BCUT2D eigenvalue weighted by Gasteiger charge is 2.35. The number of amides is 4. The summed E-state index contributed by atoms with van der Waals surface area (Å²) in [5, 5.41) is 0.852. The number of carbonyl (C=O) groups is 8. The van der Waals surface area contributed by atoms with Crippen LogP contribution in [0.3, 0.4) is 0 Å². The van der Waals surface area contributed by atoms with E-state index in [1.54, 1.807) is 6.92 Å². The van der Waals surface area contributed by atoms with E-state index in [0.717, 1.165) is 12.2 Å². The van der Waals surface area contributed by atoms with Crippen LogP contribution in [0, 0.1) is 5.41 Å². The van der Waals surface area contributed by atoms with E-state index in [1.165, 1.54) is 0 Å². The second kappa shape index (κ2) is 26.3. The maximum Gasteiger partial charge on any atom is 0.335 e. The summed E-state index contributed by atoms with van der Waals surface area (Å²) in [6.45, 7) is 7.55. The van der Waals surface area contributed by atoms with Crippen molar-refractivity contribution in [2.75, 3.05) is 59.5 Å². The van der Waals surface area contributed by atoms with Gasteiger partial charge in [-0.25, -0.2) is 19.2 Å². The second-order valence-electron chi connectivity index (χ2n) is 10.9. The van der Waals surface area contributed by atoms with Gasteiger partial charge in [-0.05, 0) is 6.92 Å². The van der Waals surface area contributed by atoms with Crippen LogP contribution in [0.2, 0.25) is 0 Å². The molecule has 4 amide bonds. The Morgan fingerprint density at radius 2 is 1.06 bits per heavy atom. The minimum Gasteiger partial charge on any atom is -0.462 e. The quantitative estimate of drug-likeness (QED) is 0.0566. The average Bonchev–Trinajstić information content (AvgIpc) is 3.56. The molecule has 0 aromatic rings. The fourth-order valence-corrected chi connectivity index (χ4v) is 4.15. The molecule has 18 nitrogen and oxygen atoms in total. The predicted octanol–water partition coefficient (Wildman–Crippen LogP) is 2.18. The average molecular weight is 747 g/mol. The molecule has 1 unspecified atom stereocenters. The van der Waals surface area contributed by atoms with Gasteiger partial charge in [0.25, 0.3) is 23.6 Å². The molecular weight excluding hydrogens is 692 g/mol. The Labute approximate surface area is 304 Å². The fraction of sp³-hybridized carbons (Fsp3) is 0.647. The van der Waals surface area contributed by atoms with Crippen LogP contribution in [-0.4, -0.2) is 123 Å². The monoisotopic (exact) mass is 746 g/mol. The van der Waals surface area contributed by atoms with Crippen molar-refractivity contribution < 1.29 is 76.5 Å². The number of carbonyl (C=O) groups excluding carboxylic acids is 8. The van der Waals surface area contributed by atoms with Crippen molar-refractivity contribution in [3.8, 4) is 0 Å². The Morgan fingerprint density at radius 1 is 0.654 bits per heavy atom. The van der Waals surface area contributed by atoms with Crippen LogP contribution in [0.15, 0.2) is 25.3 Å². The van der Waals surface area contributed by atoms with Gasteiger partial charge >= 0.3 is 23.9 Å². The second-order valence-corrected chi connectivity index (χ2v) is 10.9. The van der Waals surface area contributed by atoms with Crippen molar-refractivity contribution >= 4 is 47.5 Å². The number of esters is 2. The first-order valence-corrected chi connectivity index (χ1v) is 15.5. The zero-order chi connectivity index (χ0) is 36.2. The lowest BCUT2D eigenvalue weighted by molar-refractivity contribution is -0.198. The van der Waals surface area contributed by atoms with Gasteiger partial charge in [-0.1, -0.05) is 35.4 Å². The van der Waals surface area contributed by atoms with Crippen LogP contribution in [0.25, 0.3) is 0 Å². The van der Waals surface area contributed by atoms with Gasteiger partial charge in [-0.3, -0.25) is 19.2 Å². The Balaban J connectivity index is 0. The van der Waals surface area contributed by atoms with Crippen molar-refractivity contribution in [1.82, 2.24) is 10.1 Å². The third-order valence-corrected chi connectivity index (χ3v) is 6.61. The molecule has 52 heavy (non-hydrogen) atoms. The van der Waals surface area contributed by atoms with E-state index >= 15 is 0 Å². The lowest BCUT2D eigenvalue weighted by Gasteiger charge is -2.33. The van der Waals surface area contributed by atoms with Crippen LogP contribution in [0.1, 0.15) is 74.1 Å². The van der Waals surface area contributed by atoms with Crippen LogP contribution in [0.4, 0.5) is 0 Å². The van der Waals surface area contributed by atoms with E-state index in [2.05, 4.69) is 13.2 Å². The van der Waals surface area contributed by atoms with Gasteiger partial charge in [-0.2, -0.15) is 0 Å². The Kier molecular flexibility index (Phi) is 25.1. The molecular formula is C34H54N2O16. The highest BCUT2D eigenvalue weighted by Crippen LogP contribution is 2.22.